The maximum Gasteiger partial charge on any atom is 0.251 e. The first-order valence-corrected chi connectivity index (χ1v) is 10.7. The molecule has 7 heteroatoms. The standard InChI is InChI=1S/C24H27N3O4/c1-31-21-12-10-20(11-13-21)27-15-17(14-22(27)28)24(30)26-19-8-6-16(7-9-19)23(29)25-18-4-2-3-5-18/h6-13,17-18H,2-5,14-15H2,1H3,(H,25,29)(H,26,30). The van der Waals surface area contributed by atoms with Crippen molar-refractivity contribution in [2.75, 3.05) is 23.9 Å². The Kier molecular flexibility index (Phi) is 6.21. The summed E-state index contributed by atoms with van der Waals surface area (Å²) in [6.07, 6.45) is 4.56. The van der Waals surface area contributed by atoms with Crippen molar-refractivity contribution >= 4 is 29.1 Å². The number of carbonyl (C=O) groups excluding carboxylic acids is 3. The number of hydrogen-bond donors (Lipinski definition) is 2. The Morgan fingerprint density at radius 1 is 1.00 bits per heavy atom. The molecule has 4 rings (SSSR count). The molecule has 0 spiro atoms. The minimum Gasteiger partial charge on any atom is -0.497 e. The summed E-state index contributed by atoms with van der Waals surface area (Å²) >= 11 is 0. The van der Waals surface area contributed by atoms with E-state index in [2.05, 4.69) is 10.6 Å². The van der Waals surface area contributed by atoms with Gasteiger partial charge in [0.2, 0.25) is 11.8 Å². The van der Waals surface area contributed by atoms with Gasteiger partial charge in [0.25, 0.3) is 5.91 Å². The van der Waals surface area contributed by atoms with E-state index in [1.807, 2.05) is 12.1 Å². The van der Waals surface area contributed by atoms with Crippen molar-refractivity contribution in [3.8, 4) is 5.75 Å². The quantitative estimate of drug-likeness (QED) is 0.749. The van der Waals surface area contributed by atoms with Gasteiger partial charge in [0, 0.05) is 35.9 Å². The maximum absolute atomic E-state index is 12.7. The topological polar surface area (TPSA) is 87.7 Å². The Hall–Kier alpha value is -3.35. The highest BCUT2D eigenvalue weighted by atomic mass is 16.5. The predicted molar refractivity (Wildman–Crippen MR) is 118 cm³/mol. The highest BCUT2D eigenvalue weighted by Crippen LogP contribution is 2.27. The number of ether oxygens (including phenoxy) is 1. The van der Waals surface area contributed by atoms with Gasteiger partial charge in [0.05, 0.1) is 13.0 Å². The zero-order valence-electron chi connectivity index (χ0n) is 17.6. The third-order valence-corrected chi connectivity index (χ3v) is 5.98. The summed E-state index contributed by atoms with van der Waals surface area (Å²) in [6.45, 7) is 0.332. The molecule has 1 heterocycles. The van der Waals surface area contributed by atoms with Gasteiger partial charge in [-0.1, -0.05) is 12.8 Å². The van der Waals surface area contributed by atoms with Crippen LogP contribution in [0.15, 0.2) is 48.5 Å². The van der Waals surface area contributed by atoms with E-state index < -0.39 is 5.92 Å². The molecule has 0 bridgehead atoms. The number of nitrogens with one attached hydrogen (secondary N) is 2. The minimum absolute atomic E-state index is 0.0794. The van der Waals surface area contributed by atoms with Crippen molar-refractivity contribution in [3.63, 3.8) is 0 Å². The van der Waals surface area contributed by atoms with E-state index >= 15 is 0 Å². The van der Waals surface area contributed by atoms with Crippen LogP contribution in [-0.2, 0) is 9.59 Å². The van der Waals surface area contributed by atoms with Crippen molar-refractivity contribution in [3.05, 3.63) is 54.1 Å². The number of anilines is 2. The van der Waals surface area contributed by atoms with E-state index in [-0.39, 0.29) is 30.2 Å². The number of methoxy groups -OCH3 is 1. The Morgan fingerprint density at radius 2 is 1.68 bits per heavy atom. The Balaban J connectivity index is 1.33. The summed E-state index contributed by atoms with van der Waals surface area (Å²) in [5.74, 6) is -0.0805. The molecule has 2 aromatic carbocycles. The molecule has 1 atom stereocenters. The first-order chi connectivity index (χ1) is 15.0. The van der Waals surface area contributed by atoms with Crippen LogP contribution >= 0.6 is 0 Å². The summed E-state index contributed by atoms with van der Waals surface area (Å²) < 4.78 is 5.15. The largest absolute Gasteiger partial charge is 0.497 e. The third kappa shape index (κ3) is 4.87. The molecule has 3 amide bonds. The molecule has 2 aromatic rings. The highest BCUT2D eigenvalue weighted by molar-refractivity contribution is 6.03. The number of benzene rings is 2. The first-order valence-electron chi connectivity index (χ1n) is 10.7. The summed E-state index contributed by atoms with van der Waals surface area (Å²) in [7, 11) is 1.59. The molecule has 1 saturated carbocycles. The van der Waals surface area contributed by atoms with E-state index in [0.29, 0.717) is 23.5 Å². The highest BCUT2D eigenvalue weighted by Gasteiger charge is 2.35. The second-order valence-electron chi connectivity index (χ2n) is 8.12. The third-order valence-electron chi connectivity index (χ3n) is 5.98. The monoisotopic (exact) mass is 421 g/mol. The van der Waals surface area contributed by atoms with Crippen LogP contribution in [-0.4, -0.2) is 37.4 Å². The van der Waals surface area contributed by atoms with Gasteiger partial charge in [0.15, 0.2) is 0 Å². The van der Waals surface area contributed by atoms with Gasteiger partial charge in [-0.25, -0.2) is 0 Å². The van der Waals surface area contributed by atoms with E-state index in [4.69, 9.17) is 4.74 Å². The lowest BCUT2D eigenvalue weighted by Crippen LogP contribution is -2.32. The predicted octanol–water partition coefficient (Wildman–Crippen LogP) is 3.36. The zero-order chi connectivity index (χ0) is 21.8. The lowest BCUT2D eigenvalue weighted by molar-refractivity contribution is -0.122. The second-order valence-corrected chi connectivity index (χ2v) is 8.12. The lowest BCUT2D eigenvalue weighted by atomic mass is 10.1. The van der Waals surface area contributed by atoms with Crippen molar-refractivity contribution in [2.24, 2.45) is 5.92 Å². The van der Waals surface area contributed by atoms with Gasteiger partial charge in [-0.05, 0) is 61.4 Å². The fourth-order valence-electron chi connectivity index (χ4n) is 4.18. The van der Waals surface area contributed by atoms with Crippen molar-refractivity contribution < 1.29 is 19.1 Å². The van der Waals surface area contributed by atoms with Gasteiger partial charge in [-0.3, -0.25) is 14.4 Å². The molecule has 0 aromatic heterocycles. The van der Waals surface area contributed by atoms with Crippen LogP contribution in [0.2, 0.25) is 0 Å². The van der Waals surface area contributed by atoms with Crippen molar-refractivity contribution in [1.82, 2.24) is 5.32 Å². The van der Waals surface area contributed by atoms with Crippen LogP contribution in [0.25, 0.3) is 0 Å². The summed E-state index contributed by atoms with van der Waals surface area (Å²) in [5.41, 5.74) is 1.93. The van der Waals surface area contributed by atoms with Crippen LogP contribution < -0.4 is 20.3 Å². The van der Waals surface area contributed by atoms with E-state index in [0.717, 1.165) is 31.4 Å². The van der Waals surface area contributed by atoms with Gasteiger partial charge < -0.3 is 20.3 Å². The molecule has 0 radical (unpaired) electrons. The molecule has 1 aliphatic heterocycles. The fourth-order valence-corrected chi connectivity index (χ4v) is 4.18. The average Bonchev–Trinajstić information content (AvgIpc) is 3.44. The van der Waals surface area contributed by atoms with Crippen LogP contribution in [0, 0.1) is 5.92 Å². The van der Waals surface area contributed by atoms with Crippen LogP contribution in [0.1, 0.15) is 42.5 Å². The molecule has 1 unspecified atom stereocenters. The zero-order valence-corrected chi connectivity index (χ0v) is 17.6. The van der Waals surface area contributed by atoms with Gasteiger partial charge in [-0.2, -0.15) is 0 Å². The normalized spacial score (nSPS) is 18.8. The molecule has 7 nitrogen and oxygen atoms in total. The molecule has 1 saturated heterocycles. The lowest BCUT2D eigenvalue weighted by Gasteiger charge is -2.17. The van der Waals surface area contributed by atoms with E-state index in [9.17, 15) is 14.4 Å². The Morgan fingerprint density at radius 3 is 2.32 bits per heavy atom. The Labute approximate surface area is 181 Å². The maximum atomic E-state index is 12.7. The number of hydrogen-bond acceptors (Lipinski definition) is 4. The molecule has 162 valence electrons. The number of carbonyl (C=O) groups is 3. The molecular formula is C24H27N3O4. The van der Waals surface area contributed by atoms with Gasteiger partial charge in [0.1, 0.15) is 5.75 Å². The average molecular weight is 421 g/mol. The SMILES string of the molecule is COc1ccc(N2CC(C(=O)Nc3ccc(C(=O)NC4CCCC4)cc3)CC2=O)cc1. The summed E-state index contributed by atoms with van der Waals surface area (Å²) in [4.78, 5) is 39.1. The minimum atomic E-state index is -0.431. The Bertz CT molecular complexity index is 950. The van der Waals surface area contributed by atoms with Crippen LogP contribution in [0.5, 0.6) is 5.75 Å². The van der Waals surface area contributed by atoms with Crippen molar-refractivity contribution in [1.29, 1.82) is 0 Å². The summed E-state index contributed by atoms with van der Waals surface area (Å²) in [6, 6.07) is 14.3. The van der Waals surface area contributed by atoms with E-state index in [1.54, 1.807) is 48.4 Å². The number of rotatable bonds is 6. The number of amides is 3. The van der Waals surface area contributed by atoms with Crippen LogP contribution in [0.3, 0.4) is 0 Å². The molecule has 2 aliphatic rings. The molecule has 31 heavy (non-hydrogen) atoms. The summed E-state index contributed by atoms with van der Waals surface area (Å²) in [5, 5.41) is 5.92. The smallest absolute Gasteiger partial charge is 0.251 e. The second kappa shape index (κ2) is 9.20. The van der Waals surface area contributed by atoms with Crippen molar-refractivity contribution in [2.45, 2.75) is 38.1 Å². The van der Waals surface area contributed by atoms with Gasteiger partial charge in [-0.15, -0.1) is 0 Å². The molecule has 2 N–H and O–H groups in total. The molecular weight excluding hydrogens is 394 g/mol. The van der Waals surface area contributed by atoms with E-state index in [1.165, 1.54) is 0 Å². The number of nitrogens with zero attached hydrogens (tertiary/aromatic N) is 1. The fraction of sp³-hybridized carbons (Fsp3) is 0.375. The van der Waals surface area contributed by atoms with Crippen LogP contribution in [0.4, 0.5) is 11.4 Å². The molecule has 1 aliphatic carbocycles. The molecule has 2 fully saturated rings. The van der Waals surface area contributed by atoms with Gasteiger partial charge >= 0.3 is 0 Å². The first kappa shape index (κ1) is 20.9.